The molecule has 28 heavy (non-hydrogen) atoms. The SMILES string of the molecule is C[P+](CP(c1ccccc1)c1ccccc1)(c1ccccc1)c1ccccc1. The molecule has 0 aliphatic rings. The average Bonchev–Trinajstić information content (AvgIpc) is 2.80. The Labute approximate surface area is 170 Å². The van der Waals surface area contributed by atoms with Crippen LogP contribution in [0.4, 0.5) is 0 Å². The highest BCUT2D eigenvalue weighted by molar-refractivity contribution is 7.98. The predicted octanol–water partition coefficient (Wildman–Crippen LogP) is 5.38. The van der Waals surface area contributed by atoms with Gasteiger partial charge in [-0.25, -0.2) is 0 Å². The summed E-state index contributed by atoms with van der Waals surface area (Å²) in [7, 11) is -1.97. The van der Waals surface area contributed by atoms with E-state index in [1.165, 1.54) is 27.1 Å². The lowest BCUT2D eigenvalue weighted by atomic mass is 10.4. The van der Waals surface area contributed by atoms with E-state index in [4.69, 9.17) is 0 Å². The zero-order valence-electron chi connectivity index (χ0n) is 16.1. The largest absolute Gasteiger partial charge is 0.0992 e. The molecule has 0 nitrogen and oxygen atoms in total. The van der Waals surface area contributed by atoms with Crippen molar-refractivity contribution in [2.24, 2.45) is 0 Å². The molecule has 0 atom stereocenters. The zero-order chi connectivity index (χ0) is 19.2. The monoisotopic (exact) mass is 399 g/mol. The molecule has 0 saturated heterocycles. The van der Waals surface area contributed by atoms with Gasteiger partial charge in [0, 0.05) is 0 Å². The van der Waals surface area contributed by atoms with Gasteiger partial charge in [0.2, 0.25) is 0 Å². The average molecular weight is 399 g/mol. The molecule has 0 aliphatic carbocycles. The van der Waals surface area contributed by atoms with E-state index in [1.807, 2.05) is 0 Å². The first-order valence-electron chi connectivity index (χ1n) is 9.62. The third kappa shape index (κ3) is 4.10. The minimum Gasteiger partial charge on any atom is -0.0622 e. The van der Waals surface area contributed by atoms with E-state index in [-0.39, 0.29) is 0 Å². The summed E-state index contributed by atoms with van der Waals surface area (Å²) in [4.78, 5) is 0. The minimum atomic E-state index is -1.53. The van der Waals surface area contributed by atoms with E-state index in [0.717, 1.165) is 0 Å². The van der Waals surface area contributed by atoms with Crippen molar-refractivity contribution in [3.8, 4) is 0 Å². The first-order chi connectivity index (χ1) is 13.8. The fourth-order valence-corrected chi connectivity index (χ4v) is 11.8. The first kappa shape index (κ1) is 19.1. The van der Waals surface area contributed by atoms with Gasteiger partial charge >= 0.3 is 0 Å². The van der Waals surface area contributed by atoms with Crippen molar-refractivity contribution < 1.29 is 0 Å². The molecule has 0 saturated carbocycles. The summed E-state index contributed by atoms with van der Waals surface area (Å²) in [6.07, 6.45) is 0. The van der Waals surface area contributed by atoms with Crippen LogP contribution >= 0.6 is 15.2 Å². The van der Waals surface area contributed by atoms with Gasteiger partial charge < -0.3 is 0 Å². The molecule has 0 unspecified atom stereocenters. The van der Waals surface area contributed by atoms with E-state index in [0.29, 0.717) is 0 Å². The fraction of sp³-hybridized carbons (Fsp3) is 0.0769. The Bertz CT molecular complexity index is 905. The van der Waals surface area contributed by atoms with Crippen molar-refractivity contribution in [1.82, 2.24) is 0 Å². The first-order valence-corrected chi connectivity index (χ1v) is 13.6. The summed E-state index contributed by atoms with van der Waals surface area (Å²) in [5, 5.41) is 5.89. The van der Waals surface area contributed by atoms with Crippen LogP contribution < -0.4 is 21.2 Å². The Kier molecular flexibility index (Phi) is 6.01. The van der Waals surface area contributed by atoms with Crippen LogP contribution in [0.5, 0.6) is 0 Å². The van der Waals surface area contributed by atoms with E-state index in [2.05, 4.69) is 128 Å². The van der Waals surface area contributed by atoms with Crippen LogP contribution in [0.3, 0.4) is 0 Å². The maximum Gasteiger partial charge on any atom is 0.0992 e. The second-order valence-corrected chi connectivity index (χ2v) is 13.5. The number of rotatable bonds is 6. The lowest BCUT2D eigenvalue weighted by molar-refractivity contribution is 1.71. The summed E-state index contributed by atoms with van der Waals surface area (Å²) in [5.74, 6) is 1.18. The maximum absolute atomic E-state index is 2.51. The lowest BCUT2D eigenvalue weighted by Crippen LogP contribution is -2.26. The highest BCUT2D eigenvalue weighted by Gasteiger charge is 2.40. The highest BCUT2D eigenvalue weighted by Crippen LogP contribution is 2.61. The zero-order valence-corrected chi connectivity index (χ0v) is 17.9. The quantitative estimate of drug-likeness (QED) is 0.382. The van der Waals surface area contributed by atoms with Crippen molar-refractivity contribution >= 4 is 36.4 Å². The molecule has 0 amide bonds. The van der Waals surface area contributed by atoms with Gasteiger partial charge in [0.25, 0.3) is 0 Å². The molecule has 0 fully saturated rings. The molecule has 0 radical (unpaired) electrons. The number of hydrogen-bond donors (Lipinski definition) is 0. The fourth-order valence-electron chi connectivity index (χ4n) is 3.64. The van der Waals surface area contributed by atoms with Crippen LogP contribution in [0.1, 0.15) is 0 Å². The van der Waals surface area contributed by atoms with Crippen LogP contribution in [0.25, 0.3) is 0 Å². The van der Waals surface area contributed by atoms with Gasteiger partial charge in [-0.2, -0.15) is 0 Å². The summed E-state index contributed by atoms with van der Waals surface area (Å²) in [6.45, 7) is 2.51. The van der Waals surface area contributed by atoms with Crippen molar-refractivity contribution in [3.05, 3.63) is 121 Å². The van der Waals surface area contributed by atoms with Crippen LogP contribution in [-0.4, -0.2) is 12.6 Å². The smallest absolute Gasteiger partial charge is 0.0622 e. The summed E-state index contributed by atoms with van der Waals surface area (Å²) in [5.41, 5.74) is 0. The van der Waals surface area contributed by atoms with Crippen molar-refractivity contribution in [2.45, 2.75) is 0 Å². The molecular weight excluding hydrogens is 374 g/mol. The van der Waals surface area contributed by atoms with Gasteiger partial charge in [-0.05, 0) is 42.8 Å². The molecule has 0 N–H and O–H groups in total. The Morgan fingerprint density at radius 3 is 1.18 bits per heavy atom. The molecule has 0 heterocycles. The molecule has 0 spiro atoms. The Hall–Kier alpha value is -2.26. The minimum absolute atomic E-state index is 0.437. The second-order valence-electron chi connectivity index (χ2n) is 7.10. The normalized spacial score (nSPS) is 11.5. The topological polar surface area (TPSA) is 0 Å². The summed E-state index contributed by atoms with van der Waals surface area (Å²) in [6, 6.07) is 44.4. The molecule has 0 aromatic heterocycles. The van der Waals surface area contributed by atoms with Crippen molar-refractivity contribution in [3.63, 3.8) is 0 Å². The Balaban J connectivity index is 1.84. The molecule has 4 aromatic rings. The van der Waals surface area contributed by atoms with Gasteiger partial charge in [-0.15, -0.1) is 0 Å². The molecule has 4 aromatic carbocycles. The third-order valence-corrected chi connectivity index (χ3v) is 13.3. The van der Waals surface area contributed by atoms with Gasteiger partial charge in [0.1, 0.15) is 0 Å². The Morgan fingerprint density at radius 1 is 0.500 bits per heavy atom. The molecule has 0 aliphatic heterocycles. The summed E-state index contributed by atoms with van der Waals surface area (Å²) >= 11 is 0. The standard InChI is InChI=1S/C26H25P2/c1-28(25-18-10-4-11-19-25,26-20-12-5-13-21-26)22-27(23-14-6-2-7-15-23)24-16-8-3-9-17-24/h2-21H,22H2,1H3/q+1. The molecule has 138 valence electrons. The van der Waals surface area contributed by atoms with Crippen LogP contribution in [0.15, 0.2) is 121 Å². The second kappa shape index (κ2) is 8.83. The molecule has 0 bridgehead atoms. The van der Waals surface area contributed by atoms with Gasteiger partial charge in [0.15, 0.2) is 0 Å². The third-order valence-electron chi connectivity index (χ3n) is 5.21. The molecular formula is C26H25P2+. The number of hydrogen-bond acceptors (Lipinski definition) is 0. The van der Waals surface area contributed by atoms with Crippen LogP contribution in [-0.2, 0) is 0 Å². The van der Waals surface area contributed by atoms with Crippen LogP contribution in [0.2, 0.25) is 0 Å². The predicted molar refractivity (Wildman–Crippen MR) is 129 cm³/mol. The lowest BCUT2D eigenvalue weighted by Gasteiger charge is -2.28. The van der Waals surface area contributed by atoms with E-state index in [1.54, 1.807) is 0 Å². The highest BCUT2D eigenvalue weighted by atomic mass is 31.2. The van der Waals surface area contributed by atoms with Gasteiger partial charge in [-0.1, -0.05) is 97.1 Å². The Morgan fingerprint density at radius 2 is 0.821 bits per heavy atom. The van der Waals surface area contributed by atoms with E-state index in [9.17, 15) is 0 Å². The molecule has 2 heteroatoms. The van der Waals surface area contributed by atoms with E-state index < -0.39 is 15.2 Å². The van der Waals surface area contributed by atoms with Crippen LogP contribution in [0, 0.1) is 0 Å². The molecule has 4 rings (SSSR count). The number of benzene rings is 4. The maximum atomic E-state index is 2.51. The van der Waals surface area contributed by atoms with Gasteiger partial charge in [-0.3, -0.25) is 0 Å². The van der Waals surface area contributed by atoms with Crippen molar-refractivity contribution in [1.29, 1.82) is 0 Å². The van der Waals surface area contributed by atoms with E-state index >= 15 is 0 Å². The van der Waals surface area contributed by atoms with Gasteiger partial charge in [0.05, 0.1) is 30.4 Å². The summed E-state index contributed by atoms with van der Waals surface area (Å²) < 4.78 is 0. The van der Waals surface area contributed by atoms with Crippen molar-refractivity contribution in [2.75, 3.05) is 12.6 Å².